The lowest BCUT2D eigenvalue weighted by molar-refractivity contribution is 0.0678. The van der Waals surface area contributed by atoms with Crippen LogP contribution in [0.3, 0.4) is 0 Å². The highest BCUT2D eigenvalue weighted by Gasteiger charge is 2.17. The van der Waals surface area contributed by atoms with E-state index in [9.17, 15) is 4.79 Å². The van der Waals surface area contributed by atoms with Gasteiger partial charge in [-0.15, -0.1) is 0 Å². The summed E-state index contributed by atoms with van der Waals surface area (Å²) in [6.07, 6.45) is 2.24. The molecule has 5 heteroatoms. The third kappa shape index (κ3) is 4.62. The highest BCUT2D eigenvalue weighted by atomic mass is 16.5. The van der Waals surface area contributed by atoms with E-state index in [1.54, 1.807) is 36.2 Å². The maximum Gasteiger partial charge on any atom is 0.254 e. The first-order chi connectivity index (χ1) is 12.7. The summed E-state index contributed by atoms with van der Waals surface area (Å²) in [6, 6.07) is 16.6. The zero-order chi connectivity index (χ0) is 18.4. The van der Waals surface area contributed by atoms with Gasteiger partial charge in [-0.3, -0.25) is 4.79 Å². The van der Waals surface area contributed by atoms with Crippen molar-refractivity contribution >= 4 is 5.91 Å². The normalized spacial score (nSPS) is 16.1. The van der Waals surface area contributed by atoms with Crippen molar-refractivity contribution < 1.29 is 14.3 Å². The van der Waals surface area contributed by atoms with E-state index in [4.69, 9.17) is 14.7 Å². The largest absolute Gasteiger partial charge is 0.491 e. The predicted molar refractivity (Wildman–Crippen MR) is 97.9 cm³/mol. The molecule has 3 rings (SSSR count). The molecule has 2 aromatic carbocycles. The lowest BCUT2D eigenvalue weighted by atomic mass is 10.1. The van der Waals surface area contributed by atoms with Gasteiger partial charge in [0.1, 0.15) is 12.4 Å². The molecule has 1 aliphatic heterocycles. The maximum absolute atomic E-state index is 12.7. The van der Waals surface area contributed by atoms with E-state index in [0.717, 1.165) is 25.0 Å². The molecule has 1 atom stereocenters. The molecular weight excluding hydrogens is 328 g/mol. The molecule has 134 valence electrons. The molecule has 5 nitrogen and oxygen atoms in total. The summed E-state index contributed by atoms with van der Waals surface area (Å²) < 4.78 is 11.3. The van der Waals surface area contributed by atoms with Crippen LogP contribution in [0.5, 0.6) is 5.75 Å². The Morgan fingerprint density at radius 2 is 2.12 bits per heavy atom. The van der Waals surface area contributed by atoms with Crippen LogP contribution in [0.2, 0.25) is 0 Å². The first-order valence-electron chi connectivity index (χ1n) is 8.74. The van der Waals surface area contributed by atoms with Gasteiger partial charge in [0.15, 0.2) is 0 Å². The number of carbonyl (C=O) groups excluding carboxylic acids is 1. The first-order valence-corrected chi connectivity index (χ1v) is 8.74. The van der Waals surface area contributed by atoms with Crippen LogP contribution in [-0.2, 0) is 11.3 Å². The number of rotatable bonds is 6. The summed E-state index contributed by atoms with van der Waals surface area (Å²) in [5, 5.41) is 8.85. The van der Waals surface area contributed by atoms with Crippen LogP contribution >= 0.6 is 0 Å². The summed E-state index contributed by atoms with van der Waals surface area (Å²) in [6.45, 7) is 1.79. The Labute approximate surface area is 153 Å². The summed E-state index contributed by atoms with van der Waals surface area (Å²) in [5.41, 5.74) is 2.18. The van der Waals surface area contributed by atoms with Gasteiger partial charge in [-0.1, -0.05) is 18.2 Å². The van der Waals surface area contributed by atoms with Crippen molar-refractivity contribution in [3.8, 4) is 11.8 Å². The fourth-order valence-corrected chi connectivity index (χ4v) is 2.93. The molecule has 1 heterocycles. The highest BCUT2D eigenvalue weighted by Crippen LogP contribution is 2.18. The van der Waals surface area contributed by atoms with Crippen LogP contribution in [0.15, 0.2) is 48.5 Å². The zero-order valence-electron chi connectivity index (χ0n) is 14.9. The van der Waals surface area contributed by atoms with Crippen molar-refractivity contribution in [3.05, 3.63) is 65.2 Å². The predicted octanol–water partition coefficient (Wildman–Crippen LogP) is 3.39. The SMILES string of the molecule is CN(Cc1ccc(C#N)cc1)C(=O)c1cccc(OCC2CCCO2)c1. The first kappa shape index (κ1) is 18.0. The Morgan fingerprint density at radius 1 is 1.31 bits per heavy atom. The minimum Gasteiger partial charge on any atom is -0.491 e. The van der Waals surface area contributed by atoms with E-state index < -0.39 is 0 Å². The molecule has 0 aliphatic carbocycles. The number of nitrogens with zero attached hydrogens (tertiary/aromatic N) is 2. The lowest BCUT2D eigenvalue weighted by Crippen LogP contribution is -2.26. The maximum atomic E-state index is 12.7. The van der Waals surface area contributed by atoms with Crippen molar-refractivity contribution in [2.45, 2.75) is 25.5 Å². The van der Waals surface area contributed by atoms with Gasteiger partial charge in [-0.2, -0.15) is 5.26 Å². The Kier molecular flexibility index (Phi) is 5.88. The molecule has 0 spiro atoms. The van der Waals surface area contributed by atoms with Crippen LogP contribution < -0.4 is 4.74 Å². The number of benzene rings is 2. The third-order valence-corrected chi connectivity index (χ3v) is 4.39. The lowest BCUT2D eigenvalue weighted by Gasteiger charge is -2.18. The number of amides is 1. The molecule has 0 N–H and O–H groups in total. The van der Waals surface area contributed by atoms with Crippen molar-refractivity contribution in [1.82, 2.24) is 4.90 Å². The van der Waals surface area contributed by atoms with Gasteiger partial charge in [0, 0.05) is 25.8 Å². The topological polar surface area (TPSA) is 62.6 Å². The second-order valence-electron chi connectivity index (χ2n) is 6.44. The Bertz CT molecular complexity index is 790. The van der Waals surface area contributed by atoms with Gasteiger partial charge in [-0.25, -0.2) is 0 Å². The van der Waals surface area contributed by atoms with Gasteiger partial charge in [-0.05, 0) is 48.7 Å². The Morgan fingerprint density at radius 3 is 2.81 bits per heavy atom. The summed E-state index contributed by atoms with van der Waals surface area (Å²) in [5.74, 6) is 0.607. The quantitative estimate of drug-likeness (QED) is 0.801. The van der Waals surface area contributed by atoms with Gasteiger partial charge < -0.3 is 14.4 Å². The minimum atomic E-state index is -0.0723. The number of hydrogen-bond acceptors (Lipinski definition) is 4. The molecule has 1 fully saturated rings. The Balaban J connectivity index is 1.60. The molecule has 0 radical (unpaired) electrons. The van der Waals surface area contributed by atoms with E-state index in [2.05, 4.69) is 6.07 Å². The summed E-state index contributed by atoms with van der Waals surface area (Å²) in [4.78, 5) is 14.3. The van der Waals surface area contributed by atoms with Crippen LogP contribution in [0, 0.1) is 11.3 Å². The fraction of sp³-hybridized carbons (Fsp3) is 0.333. The average Bonchev–Trinajstić information content (AvgIpc) is 3.20. The molecule has 0 bridgehead atoms. The molecule has 1 unspecified atom stereocenters. The van der Waals surface area contributed by atoms with E-state index in [1.807, 2.05) is 24.3 Å². The van der Waals surface area contributed by atoms with Crippen molar-refractivity contribution in [3.63, 3.8) is 0 Å². The fourth-order valence-electron chi connectivity index (χ4n) is 2.93. The molecule has 0 aromatic heterocycles. The number of hydrogen-bond donors (Lipinski definition) is 0. The van der Waals surface area contributed by atoms with Crippen molar-refractivity contribution in [2.75, 3.05) is 20.3 Å². The van der Waals surface area contributed by atoms with E-state index in [0.29, 0.717) is 30.0 Å². The summed E-state index contributed by atoms with van der Waals surface area (Å²) >= 11 is 0. The molecule has 26 heavy (non-hydrogen) atoms. The molecular formula is C21H22N2O3. The molecule has 1 aliphatic rings. The molecule has 0 saturated carbocycles. The standard InChI is InChI=1S/C21H22N2O3/c1-23(14-17-9-7-16(13-22)8-10-17)21(24)18-4-2-5-19(12-18)26-15-20-6-3-11-25-20/h2,4-5,7-10,12,20H,3,6,11,14-15H2,1H3. The number of carbonyl (C=O) groups is 1. The monoisotopic (exact) mass is 350 g/mol. The van der Waals surface area contributed by atoms with E-state index >= 15 is 0 Å². The molecule has 2 aromatic rings. The minimum absolute atomic E-state index is 0.0723. The number of ether oxygens (including phenoxy) is 2. The average molecular weight is 350 g/mol. The highest BCUT2D eigenvalue weighted by molar-refractivity contribution is 5.94. The van der Waals surface area contributed by atoms with Gasteiger partial charge in [0.05, 0.1) is 17.7 Å². The van der Waals surface area contributed by atoms with Crippen LogP contribution in [0.25, 0.3) is 0 Å². The van der Waals surface area contributed by atoms with Gasteiger partial charge in [0.25, 0.3) is 5.91 Å². The summed E-state index contributed by atoms with van der Waals surface area (Å²) in [7, 11) is 1.76. The van der Waals surface area contributed by atoms with Crippen LogP contribution in [-0.4, -0.2) is 37.2 Å². The molecule has 1 saturated heterocycles. The third-order valence-electron chi connectivity index (χ3n) is 4.39. The van der Waals surface area contributed by atoms with Gasteiger partial charge >= 0.3 is 0 Å². The number of nitriles is 1. The Hall–Kier alpha value is -2.84. The van der Waals surface area contributed by atoms with Crippen molar-refractivity contribution in [2.24, 2.45) is 0 Å². The smallest absolute Gasteiger partial charge is 0.254 e. The van der Waals surface area contributed by atoms with Crippen LogP contribution in [0.4, 0.5) is 0 Å². The second-order valence-corrected chi connectivity index (χ2v) is 6.44. The van der Waals surface area contributed by atoms with E-state index in [1.165, 1.54) is 0 Å². The molecule has 1 amide bonds. The van der Waals surface area contributed by atoms with E-state index in [-0.39, 0.29) is 12.0 Å². The zero-order valence-corrected chi connectivity index (χ0v) is 14.9. The van der Waals surface area contributed by atoms with Gasteiger partial charge in [0.2, 0.25) is 0 Å². The van der Waals surface area contributed by atoms with Crippen LogP contribution in [0.1, 0.15) is 34.3 Å². The van der Waals surface area contributed by atoms with Crippen molar-refractivity contribution in [1.29, 1.82) is 5.26 Å². The second kappa shape index (κ2) is 8.50.